The summed E-state index contributed by atoms with van der Waals surface area (Å²) in [6.07, 6.45) is 0.692. The quantitative estimate of drug-likeness (QED) is 0.787. The molecule has 2 aromatic carbocycles. The molecule has 0 radical (unpaired) electrons. The highest BCUT2D eigenvalue weighted by atomic mass is 79.9. The van der Waals surface area contributed by atoms with Gasteiger partial charge in [-0.15, -0.1) is 0 Å². The van der Waals surface area contributed by atoms with Gasteiger partial charge in [-0.25, -0.2) is 4.39 Å². The van der Waals surface area contributed by atoms with Gasteiger partial charge in [-0.3, -0.25) is 4.79 Å². The molecule has 0 amide bonds. The minimum atomic E-state index is -0.338. The number of fused-ring (bicyclic) bond motifs is 1. The summed E-state index contributed by atoms with van der Waals surface area (Å²) in [4.78, 5) is 11.1. The van der Waals surface area contributed by atoms with E-state index in [1.165, 1.54) is 6.07 Å². The van der Waals surface area contributed by atoms with E-state index in [4.69, 9.17) is 14.2 Å². The van der Waals surface area contributed by atoms with E-state index in [9.17, 15) is 9.18 Å². The van der Waals surface area contributed by atoms with Gasteiger partial charge in [0.1, 0.15) is 18.2 Å². The first kappa shape index (κ1) is 13.9. The van der Waals surface area contributed by atoms with Crippen molar-refractivity contribution >= 4 is 22.2 Å². The number of halogens is 2. The Bertz CT molecular complexity index is 702. The Hall–Kier alpha value is -2.08. The van der Waals surface area contributed by atoms with E-state index in [-0.39, 0.29) is 19.2 Å². The summed E-state index contributed by atoms with van der Waals surface area (Å²) in [7, 11) is 0. The van der Waals surface area contributed by atoms with Crippen LogP contribution in [0.25, 0.3) is 0 Å². The highest BCUT2D eigenvalue weighted by Crippen LogP contribution is 2.37. The van der Waals surface area contributed by atoms with Crippen LogP contribution in [0.3, 0.4) is 0 Å². The average molecular weight is 353 g/mol. The number of hydrogen-bond acceptors (Lipinski definition) is 4. The fraction of sp³-hybridized carbons (Fsp3) is 0.133. The van der Waals surface area contributed by atoms with Crippen LogP contribution in [0.5, 0.6) is 17.2 Å². The largest absolute Gasteiger partial charge is 0.488 e. The Balaban J connectivity index is 1.81. The first-order chi connectivity index (χ1) is 10.2. The third-order valence-electron chi connectivity index (χ3n) is 3.01. The molecule has 1 heterocycles. The highest BCUT2D eigenvalue weighted by Gasteiger charge is 2.18. The number of aldehydes is 1. The molecule has 1 aliphatic heterocycles. The lowest BCUT2D eigenvalue weighted by atomic mass is 10.2. The third kappa shape index (κ3) is 2.85. The summed E-state index contributed by atoms with van der Waals surface area (Å²) in [6.45, 7) is 0.335. The second kappa shape index (κ2) is 5.73. The molecule has 0 atom stereocenters. The normalized spacial score (nSPS) is 12.3. The fourth-order valence-electron chi connectivity index (χ4n) is 1.95. The van der Waals surface area contributed by atoms with Crippen molar-refractivity contribution in [3.8, 4) is 17.2 Å². The summed E-state index contributed by atoms with van der Waals surface area (Å²) in [6, 6.07) is 7.79. The Labute approximate surface area is 128 Å². The number of benzene rings is 2. The van der Waals surface area contributed by atoms with E-state index in [0.29, 0.717) is 33.6 Å². The maximum Gasteiger partial charge on any atom is 0.231 e. The van der Waals surface area contributed by atoms with E-state index >= 15 is 0 Å². The molecule has 0 bridgehead atoms. The lowest BCUT2D eigenvalue weighted by molar-refractivity contribution is 0.111. The molecule has 1 aliphatic rings. The minimum absolute atomic E-state index is 0.127. The van der Waals surface area contributed by atoms with Gasteiger partial charge in [0, 0.05) is 6.07 Å². The van der Waals surface area contributed by atoms with E-state index in [0.717, 1.165) is 5.56 Å². The first-order valence-electron chi connectivity index (χ1n) is 6.13. The average Bonchev–Trinajstić information content (AvgIpc) is 2.94. The Kier molecular flexibility index (Phi) is 3.79. The molecule has 0 saturated carbocycles. The molecular formula is C15H10BrFO4. The fourth-order valence-corrected chi connectivity index (χ4v) is 2.37. The van der Waals surface area contributed by atoms with Crippen LogP contribution >= 0.6 is 15.9 Å². The molecule has 4 nitrogen and oxygen atoms in total. The van der Waals surface area contributed by atoms with Crippen molar-refractivity contribution in [2.45, 2.75) is 6.61 Å². The molecule has 3 rings (SSSR count). The SMILES string of the molecule is O=Cc1cc2c(cc1OCc1ccc(F)c(Br)c1)OCO2. The molecule has 0 aromatic heterocycles. The van der Waals surface area contributed by atoms with Gasteiger partial charge in [0.2, 0.25) is 6.79 Å². The molecule has 0 aliphatic carbocycles. The van der Waals surface area contributed by atoms with Gasteiger partial charge in [-0.2, -0.15) is 0 Å². The van der Waals surface area contributed by atoms with Gasteiger partial charge in [0.15, 0.2) is 17.8 Å². The standard InChI is InChI=1S/C15H10BrFO4/c16-11-3-9(1-2-12(11)17)7-19-13-5-15-14(20-8-21-15)4-10(13)6-18/h1-6H,7-8H2. The van der Waals surface area contributed by atoms with Gasteiger partial charge in [0.05, 0.1) is 10.0 Å². The molecule has 0 fully saturated rings. The molecule has 6 heteroatoms. The van der Waals surface area contributed by atoms with Crippen LogP contribution in [0.15, 0.2) is 34.8 Å². The Morgan fingerprint density at radius 2 is 2.00 bits per heavy atom. The van der Waals surface area contributed by atoms with Crippen LogP contribution < -0.4 is 14.2 Å². The highest BCUT2D eigenvalue weighted by molar-refractivity contribution is 9.10. The first-order valence-corrected chi connectivity index (χ1v) is 6.92. The summed E-state index contributed by atoms with van der Waals surface area (Å²) in [5, 5.41) is 0. The molecule has 2 aromatic rings. The predicted molar refractivity (Wildman–Crippen MR) is 76.4 cm³/mol. The van der Waals surface area contributed by atoms with Crippen LogP contribution in [0.1, 0.15) is 15.9 Å². The molecule has 108 valence electrons. The van der Waals surface area contributed by atoms with Gasteiger partial charge in [-0.1, -0.05) is 6.07 Å². The monoisotopic (exact) mass is 352 g/mol. The van der Waals surface area contributed by atoms with E-state index in [2.05, 4.69) is 15.9 Å². The zero-order valence-corrected chi connectivity index (χ0v) is 12.4. The summed E-state index contributed by atoms with van der Waals surface area (Å²) >= 11 is 3.12. The van der Waals surface area contributed by atoms with Crippen LogP contribution in [-0.2, 0) is 6.61 Å². The van der Waals surface area contributed by atoms with Crippen molar-refractivity contribution in [1.82, 2.24) is 0 Å². The Morgan fingerprint density at radius 1 is 1.24 bits per heavy atom. The molecule has 21 heavy (non-hydrogen) atoms. The van der Waals surface area contributed by atoms with Crippen LogP contribution in [0.2, 0.25) is 0 Å². The lowest BCUT2D eigenvalue weighted by Crippen LogP contribution is -1.99. The Morgan fingerprint density at radius 3 is 2.71 bits per heavy atom. The van der Waals surface area contributed by atoms with Crippen molar-refractivity contribution in [2.24, 2.45) is 0 Å². The number of ether oxygens (including phenoxy) is 3. The zero-order chi connectivity index (χ0) is 14.8. The van der Waals surface area contributed by atoms with Gasteiger partial charge < -0.3 is 14.2 Å². The molecule has 0 N–H and O–H groups in total. The van der Waals surface area contributed by atoms with Gasteiger partial charge >= 0.3 is 0 Å². The van der Waals surface area contributed by atoms with E-state index in [1.807, 2.05) is 0 Å². The van der Waals surface area contributed by atoms with Crippen molar-refractivity contribution in [1.29, 1.82) is 0 Å². The number of hydrogen-bond donors (Lipinski definition) is 0. The van der Waals surface area contributed by atoms with Gasteiger partial charge in [0.25, 0.3) is 0 Å². The summed E-state index contributed by atoms with van der Waals surface area (Å²) in [5.41, 5.74) is 1.15. The van der Waals surface area contributed by atoms with Crippen LogP contribution in [0.4, 0.5) is 4.39 Å². The topological polar surface area (TPSA) is 44.8 Å². The maximum atomic E-state index is 13.2. The van der Waals surface area contributed by atoms with E-state index < -0.39 is 0 Å². The van der Waals surface area contributed by atoms with Crippen LogP contribution in [0, 0.1) is 5.82 Å². The number of rotatable bonds is 4. The van der Waals surface area contributed by atoms with Gasteiger partial charge in [-0.05, 0) is 39.7 Å². The summed E-state index contributed by atoms with van der Waals surface area (Å²) in [5.74, 6) is 1.12. The molecule has 0 unspecified atom stereocenters. The van der Waals surface area contributed by atoms with Crippen molar-refractivity contribution in [3.63, 3.8) is 0 Å². The lowest BCUT2D eigenvalue weighted by Gasteiger charge is -2.10. The second-order valence-corrected chi connectivity index (χ2v) is 5.25. The second-order valence-electron chi connectivity index (χ2n) is 4.40. The molecule has 0 spiro atoms. The van der Waals surface area contributed by atoms with Crippen LogP contribution in [-0.4, -0.2) is 13.1 Å². The number of carbonyl (C=O) groups is 1. The minimum Gasteiger partial charge on any atom is -0.488 e. The smallest absolute Gasteiger partial charge is 0.231 e. The maximum absolute atomic E-state index is 13.2. The summed E-state index contributed by atoms with van der Waals surface area (Å²) < 4.78 is 29.6. The van der Waals surface area contributed by atoms with Crippen molar-refractivity contribution in [3.05, 3.63) is 51.7 Å². The number of carbonyl (C=O) groups excluding carboxylic acids is 1. The predicted octanol–water partition coefficient (Wildman–Crippen LogP) is 3.71. The van der Waals surface area contributed by atoms with Crippen molar-refractivity contribution < 1.29 is 23.4 Å². The van der Waals surface area contributed by atoms with Crippen molar-refractivity contribution in [2.75, 3.05) is 6.79 Å². The third-order valence-corrected chi connectivity index (χ3v) is 3.62. The molecular weight excluding hydrogens is 343 g/mol. The molecule has 0 saturated heterocycles. The van der Waals surface area contributed by atoms with E-state index in [1.54, 1.807) is 24.3 Å². The zero-order valence-electron chi connectivity index (χ0n) is 10.8.